The Balaban J connectivity index is 1.58. The van der Waals surface area contributed by atoms with E-state index in [1.807, 2.05) is 34.5 Å². The first-order valence-corrected chi connectivity index (χ1v) is 10.1. The number of rotatable bonds is 5. The molecule has 2 heterocycles. The number of hydrogen-bond acceptors (Lipinski definition) is 5. The van der Waals surface area contributed by atoms with Crippen LogP contribution in [0.3, 0.4) is 0 Å². The van der Waals surface area contributed by atoms with Gasteiger partial charge in [-0.3, -0.25) is 4.79 Å². The first-order valence-electron chi connectivity index (χ1n) is 9.18. The Labute approximate surface area is 157 Å². The van der Waals surface area contributed by atoms with Crippen LogP contribution in [0, 0.1) is 5.92 Å². The standard InChI is InChI=1S/C20H24N2O3S/c21-17-5-1-3-14(17)11-20(23)22(13-16-4-2-10-26-16)15-6-7-18-19(12-15)25-9-8-24-18/h2,4,6-7,10,12,14,17H,1,3,5,8-9,11,13,21H2/t14-,17+/m0/s1. The van der Waals surface area contributed by atoms with E-state index in [2.05, 4.69) is 6.07 Å². The van der Waals surface area contributed by atoms with Gasteiger partial charge in [-0.15, -0.1) is 11.3 Å². The number of ether oxygens (including phenoxy) is 2. The van der Waals surface area contributed by atoms with Crippen molar-refractivity contribution in [2.45, 2.75) is 38.3 Å². The first kappa shape index (κ1) is 17.4. The second-order valence-electron chi connectivity index (χ2n) is 6.95. The van der Waals surface area contributed by atoms with Crippen LogP contribution in [0.15, 0.2) is 35.7 Å². The van der Waals surface area contributed by atoms with E-state index in [1.165, 1.54) is 0 Å². The van der Waals surface area contributed by atoms with Crippen LogP contribution < -0.4 is 20.1 Å². The highest BCUT2D eigenvalue weighted by Crippen LogP contribution is 2.36. The summed E-state index contributed by atoms with van der Waals surface area (Å²) in [6.07, 6.45) is 3.68. The first-order chi connectivity index (χ1) is 12.7. The van der Waals surface area contributed by atoms with E-state index in [-0.39, 0.29) is 17.9 Å². The molecule has 1 fully saturated rings. The monoisotopic (exact) mass is 372 g/mol. The molecule has 6 heteroatoms. The number of nitrogens with two attached hydrogens (primary N) is 1. The number of carbonyl (C=O) groups excluding carboxylic acids is 1. The summed E-state index contributed by atoms with van der Waals surface area (Å²) in [6.45, 7) is 1.66. The van der Waals surface area contributed by atoms with Crippen LogP contribution in [0.5, 0.6) is 11.5 Å². The van der Waals surface area contributed by atoms with Crippen molar-refractivity contribution in [2.24, 2.45) is 11.7 Å². The minimum Gasteiger partial charge on any atom is -0.486 e. The predicted molar refractivity (Wildman–Crippen MR) is 103 cm³/mol. The van der Waals surface area contributed by atoms with E-state index in [1.54, 1.807) is 11.3 Å². The Morgan fingerprint density at radius 2 is 2.04 bits per heavy atom. The normalized spacial score (nSPS) is 21.6. The fourth-order valence-electron chi connectivity index (χ4n) is 3.74. The molecule has 1 aromatic carbocycles. The summed E-state index contributed by atoms with van der Waals surface area (Å²) in [4.78, 5) is 16.2. The van der Waals surface area contributed by atoms with Gasteiger partial charge >= 0.3 is 0 Å². The van der Waals surface area contributed by atoms with Gasteiger partial charge in [0.1, 0.15) is 13.2 Å². The highest BCUT2D eigenvalue weighted by molar-refractivity contribution is 7.09. The molecule has 4 rings (SSSR count). The van der Waals surface area contributed by atoms with E-state index < -0.39 is 0 Å². The Morgan fingerprint density at radius 1 is 1.19 bits per heavy atom. The molecular formula is C20H24N2O3S. The molecule has 2 N–H and O–H groups in total. The molecule has 26 heavy (non-hydrogen) atoms. The van der Waals surface area contributed by atoms with Gasteiger partial charge in [-0.25, -0.2) is 0 Å². The van der Waals surface area contributed by atoms with Gasteiger partial charge in [0.05, 0.1) is 6.54 Å². The highest BCUT2D eigenvalue weighted by Gasteiger charge is 2.29. The Hall–Kier alpha value is -2.05. The van der Waals surface area contributed by atoms with E-state index in [0.717, 1.165) is 35.6 Å². The number of nitrogens with zero attached hydrogens (tertiary/aromatic N) is 1. The largest absolute Gasteiger partial charge is 0.486 e. The fraction of sp³-hybridized carbons (Fsp3) is 0.450. The molecule has 0 spiro atoms. The van der Waals surface area contributed by atoms with Crippen LogP contribution in [0.2, 0.25) is 0 Å². The number of thiophene rings is 1. The number of anilines is 1. The summed E-state index contributed by atoms with van der Waals surface area (Å²) in [5, 5.41) is 2.04. The summed E-state index contributed by atoms with van der Waals surface area (Å²) in [5.41, 5.74) is 7.03. The number of hydrogen-bond donors (Lipinski definition) is 1. The van der Waals surface area contributed by atoms with Crippen molar-refractivity contribution < 1.29 is 14.3 Å². The number of carbonyl (C=O) groups is 1. The number of amides is 1. The molecule has 5 nitrogen and oxygen atoms in total. The van der Waals surface area contributed by atoms with Crippen LogP contribution in [0.4, 0.5) is 5.69 Å². The lowest BCUT2D eigenvalue weighted by Crippen LogP contribution is -2.35. The van der Waals surface area contributed by atoms with Crippen LogP contribution in [0.1, 0.15) is 30.6 Å². The molecule has 1 aliphatic heterocycles. The van der Waals surface area contributed by atoms with Gasteiger partial charge in [-0.05, 0) is 42.3 Å². The van der Waals surface area contributed by atoms with Crippen molar-refractivity contribution >= 4 is 22.9 Å². The zero-order chi connectivity index (χ0) is 17.9. The molecule has 0 radical (unpaired) electrons. The molecule has 1 aliphatic carbocycles. The number of fused-ring (bicyclic) bond motifs is 1. The lowest BCUT2D eigenvalue weighted by atomic mass is 9.99. The van der Waals surface area contributed by atoms with Gasteiger partial charge in [0.2, 0.25) is 5.91 Å². The molecule has 0 bridgehead atoms. The molecular weight excluding hydrogens is 348 g/mol. The average Bonchev–Trinajstić information content (AvgIpc) is 3.31. The molecule has 1 saturated carbocycles. The summed E-state index contributed by atoms with van der Waals surface area (Å²) < 4.78 is 11.3. The SMILES string of the molecule is N[C@@H]1CCC[C@H]1CC(=O)N(Cc1cccs1)c1ccc2c(c1)OCCO2. The topological polar surface area (TPSA) is 64.8 Å². The molecule has 2 aromatic rings. The third kappa shape index (κ3) is 3.71. The van der Waals surface area contributed by atoms with Crippen molar-refractivity contribution in [1.82, 2.24) is 0 Å². The van der Waals surface area contributed by atoms with Crippen LogP contribution in [0.25, 0.3) is 0 Å². The summed E-state index contributed by atoms with van der Waals surface area (Å²) in [6, 6.07) is 9.95. The Kier molecular flexibility index (Phi) is 5.13. The molecule has 1 aromatic heterocycles. The average molecular weight is 372 g/mol. The summed E-state index contributed by atoms with van der Waals surface area (Å²) in [5.74, 6) is 1.85. The predicted octanol–water partition coefficient (Wildman–Crippen LogP) is 3.57. The van der Waals surface area contributed by atoms with Gasteiger partial charge in [-0.2, -0.15) is 0 Å². The molecule has 138 valence electrons. The maximum absolute atomic E-state index is 13.1. The zero-order valence-corrected chi connectivity index (χ0v) is 15.5. The molecule has 0 saturated heterocycles. The van der Waals surface area contributed by atoms with Crippen molar-refractivity contribution in [2.75, 3.05) is 18.1 Å². The third-order valence-electron chi connectivity index (χ3n) is 5.19. The highest BCUT2D eigenvalue weighted by atomic mass is 32.1. The van der Waals surface area contributed by atoms with Crippen LogP contribution in [-0.4, -0.2) is 25.2 Å². The molecule has 1 amide bonds. The molecule has 2 aliphatic rings. The van der Waals surface area contributed by atoms with Gasteiger partial charge in [-0.1, -0.05) is 12.5 Å². The summed E-state index contributed by atoms with van der Waals surface area (Å²) >= 11 is 1.66. The second-order valence-corrected chi connectivity index (χ2v) is 7.98. The minimum absolute atomic E-state index is 0.123. The minimum atomic E-state index is 0.123. The third-order valence-corrected chi connectivity index (χ3v) is 6.05. The van der Waals surface area contributed by atoms with E-state index in [0.29, 0.717) is 31.9 Å². The maximum Gasteiger partial charge on any atom is 0.227 e. The molecule has 0 unspecified atom stereocenters. The van der Waals surface area contributed by atoms with Gasteiger partial charge in [0.25, 0.3) is 0 Å². The van der Waals surface area contributed by atoms with Crippen molar-refractivity contribution in [1.29, 1.82) is 0 Å². The Morgan fingerprint density at radius 3 is 2.77 bits per heavy atom. The van der Waals surface area contributed by atoms with Gasteiger partial charge in [0.15, 0.2) is 11.5 Å². The summed E-state index contributed by atoms with van der Waals surface area (Å²) in [7, 11) is 0. The lowest BCUT2D eigenvalue weighted by Gasteiger charge is -2.27. The second kappa shape index (κ2) is 7.68. The van der Waals surface area contributed by atoms with Crippen molar-refractivity contribution in [3.63, 3.8) is 0 Å². The van der Waals surface area contributed by atoms with Crippen LogP contribution in [-0.2, 0) is 11.3 Å². The quantitative estimate of drug-likeness (QED) is 0.871. The lowest BCUT2D eigenvalue weighted by molar-refractivity contribution is -0.119. The van der Waals surface area contributed by atoms with Crippen molar-refractivity contribution in [3.05, 3.63) is 40.6 Å². The fourth-order valence-corrected chi connectivity index (χ4v) is 4.43. The maximum atomic E-state index is 13.1. The smallest absolute Gasteiger partial charge is 0.227 e. The zero-order valence-electron chi connectivity index (χ0n) is 14.7. The van der Waals surface area contributed by atoms with Gasteiger partial charge in [0, 0.05) is 29.1 Å². The molecule has 2 atom stereocenters. The van der Waals surface area contributed by atoms with E-state index >= 15 is 0 Å². The van der Waals surface area contributed by atoms with Crippen molar-refractivity contribution in [3.8, 4) is 11.5 Å². The van der Waals surface area contributed by atoms with Gasteiger partial charge < -0.3 is 20.1 Å². The Bertz CT molecular complexity index is 762. The van der Waals surface area contributed by atoms with Crippen LogP contribution >= 0.6 is 11.3 Å². The van der Waals surface area contributed by atoms with E-state index in [9.17, 15) is 4.79 Å². The van der Waals surface area contributed by atoms with E-state index in [4.69, 9.17) is 15.2 Å². The number of benzene rings is 1.